The summed E-state index contributed by atoms with van der Waals surface area (Å²) in [6.07, 6.45) is 3.11. The molecule has 5 N–H and O–H groups in total. The topological polar surface area (TPSA) is 95.9 Å². The highest BCUT2D eigenvalue weighted by Gasteiger charge is 2.17. The molecule has 1 amide bonds. The van der Waals surface area contributed by atoms with Gasteiger partial charge in [0.1, 0.15) is 5.75 Å². The minimum absolute atomic E-state index is 0.142. The lowest BCUT2D eigenvalue weighted by molar-refractivity contribution is -0.122. The summed E-state index contributed by atoms with van der Waals surface area (Å²) in [5.41, 5.74) is 12.7. The fourth-order valence-electron chi connectivity index (χ4n) is 4.54. The summed E-state index contributed by atoms with van der Waals surface area (Å²) < 4.78 is 5.30. The molecule has 1 atom stereocenters. The molecular weight excluding hydrogens is 424 g/mol. The lowest BCUT2D eigenvalue weighted by Gasteiger charge is -2.13. The molecule has 0 aliphatic rings. The van der Waals surface area contributed by atoms with Gasteiger partial charge in [0.2, 0.25) is 5.91 Å². The first kappa shape index (κ1) is 21.8. The highest BCUT2D eigenvalue weighted by atomic mass is 16.5. The van der Waals surface area contributed by atoms with E-state index in [9.17, 15) is 4.79 Å². The maximum absolute atomic E-state index is 12.8. The van der Waals surface area contributed by atoms with Gasteiger partial charge in [-0.3, -0.25) is 4.79 Å². The number of amides is 1. The zero-order valence-corrected chi connectivity index (χ0v) is 19.1. The first-order chi connectivity index (χ1) is 16.6. The van der Waals surface area contributed by atoms with Crippen molar-refractivity contribution in [1.82, 2.24) is 15.3 Å². The van der Waals surface area contributed by atoms with Crippen LogP contribution in [0.2, 0.25) is 0 Å². The quantitative estimate of drug-likeness (QED) is 0.278. The van der Waals surface area contributed by atoms with Crippen molar-refractivity contribution in [2.24, 2.45) is 5.73 Å². The van der Waals surface area contributed by atoms with Crippen molar-refractivity contribution in [3.63, 3.8) is 0 Å². The molecule has 34 heavy (non-hydrogen) atoms. The average molecular weight is 453 g/mol. The lowest BCUT2D eigenvalue weighted by atomic mass is 10.0. The Bertz CT molecular complexity index is 1430. The van der Waals surface area contributed by atoms with Gasteiger partial charge in [-0.15, -0.1) is 0 Å². The van der Waals surface area contributed by atoms with Gasteiger partial charge >= 0.3 is 0 Å². The van der Waals surface area contributed by atoms with Gasteiger partial charge in [-0.2, -0.15) is 0 Å². The van der Waals surface area contributed by atoms with E-state index in [-0.39, 0.29) is 5.91 Å². The third kappa shape index (κ3) is 4.28. The third-order valence-corrected chi connectivity index (χ3v) is 6.32. The van der Waals surface area contributed by atoms with Crippen molar-refractivity contribution < 1.29 is 9.53 Å². The van der Waals surface area contributed by atoms with Crippen molar-refractivity contribution in [2.75, 3.05) is 13.7 Å². The number of benzene rings is 3. The van der Waals surface area contributed by atoms with Gasteiger partial charge in [0.25, 0.3) is 0 Å². The number of rotatable bonds is 8. The van der Waals surface area contributed by atoms with Crippen LogP contribution < -0.4 is 15.8 Å². The molecule has 6 nitrogen and oxygen atoms in total. The number of nitrogens with two attached hydrogens (primary N) is 1. The standard InChI is InChI=1S/C28H28N4O2/c1-34-20-12-10-18(11-13-20)27-23(22-7-3-5-9-26(22)32-27)14-15-30-28(33)24(29)16-19-17-31-25-8-4-2-6-21(19)25/h2-13,17,24,31-32H,14-16,29H2,1H3,(H,30,33). The third-order valence-electron chi connectivity index (χ3n) is 6.32. The maximum Gasteiger partial charge on any atom is 0.237 e. The Kier molecular flexibility index (Phi) is 6.06. The summed E-state index contributed by atoms with van der Waals surface area (Å²) in [7, 11) is 1.66. The number of nitrogens with one attached hydrogen (secondary N) is 3. The molecule has 5 rings (SSSR count). The van der Waals surface area contributed by atoms with Crippen molar-refractivity contribution in [2.45, 2.75) is 18.9 Å². The number of hydrogen-bond acceptors (Lipinski definition) is 3. The van der Waals surface area contributed by atoms with Crippen molar-refractivity contribution in [1.29, 1.82) is 0 Å². The molecule has 0 spiro atoms. The van der Waals surface area contributed by atoms with Crippen LogP contribution in [0.3, 0.4) is 0 Å². The van der Waals surface area contributed by atoms with Crippen molar-refractivity contribution in [3.05, 3.63) is 90.1 Å². The van der Waals surface area contributed by atoms with Crippen LogP contribution >= 0.6 is 0 Å². The zero-order chi connectivity index (χ0) is 23.5. The molecule has 0 aliphatic heterocycles. The van der Waals surface area contributed by atoms with Crippen molar-refractivity contribution >= 4 is 27.7 Å². The van der Waals surface area contributed by atoms with E-state index in [4.69, 9.17) is 10.5 Å². The predicted molar refractivity (Wildman–Crippen MR) is 137 cm³/mol. The molecule has 6 heteroatoms. The summed E-state index contributed by atoms with van der Waals surface area (Å²) in [5.74, 6) is 0.675. The van der Waals surface area contributed by atoms with Gasteiger partial charge in [-0.05, 0) is 65.9 Å². The van der Waals surface area contributed by atoms with Gasteiger partial charge in [-0.1, -0.05) is 36.4 Å². The number of aromatic nitrogens is 2. The first-order valence-corrected chi connectivity index (χ1v) is 11.5. The van der Waals surface area contributed by atoms with E-state index >= 15 is 0 Å². The van der Waals surface area contributed by atoms with Crippen LogP contribution in [-0.2, 0) is 17.6 Å². The van der Waals surface area contributed by atoms with E-state index in [1.54, 1.807) is 7.11 Å². The summed E-state index contributed by atoms with van der Waals surface area (Å²) in [6.45, 7) is 0.505. The van der Waals surface area contributed by atoms with E-state index in [1.165, 1.54) is 5.56 Å². The van der Waals surface area contributed by atoms with Gasteiger partial charge in [0, 0.05) is 40.2 Å². The number of hydrogen-bond donors (Lipinski definition) is 4. The Morgan fingerprint density at radius 2 is 1.68 bits per heavy atom. The Hall–Kier alpha value is -4.03. The largest absolute Gasteiger partial charge is 0.497 e. The molecule has 0 saturated heterocycles. The zero-order valence-electron chi connectivity index (χ0n) is 19.1. The molecule has 3 aromatic carbocycles. The van der Waals surface area contributed by atoms with Crippen LogP contribution in [0.4, 0.5) is 0 Å². The molecule has 0 bridgehead atoms. The number of aromatic amines is 2. The van der Waals surface area contributed by atoms with Crippen LogP contribution in [0.1, 0.15) is 11.1 Å². The number of H-pyrrole nitrogens is 2. The molecule has 0 fully saturated rings. The Morgan fingerprint density at radius 1 is 0.971 bits per heavy atom. The average Bonchev–Trinajstić information content (AvgIpc) is 3.45. The number of ether oxygens (including phenoxy) is 1. The second-order valence-electron chi connectivity index (χ2n) is 8.46. The monoisotopic (exact) mass is 452 g/mol. The molecule has 2 aromatic heterocycles. The highest BCUT2D eigenvalue weighted by Crippen LogP contribution is 2.31. The summed E-state index contributed by atoms with van der Waals surface area (Å²) in [6, 6.07) is 23.7. The van der Waals surface area contributed by atoms with Gasteiger partial charge in [0.15, 0.2) is 0 Å². The minimum Gasteiger partial charge on any atom is -0.497 e. The summed E-state index contributed by atoms with van der Waals surface area (Å²) in [5, 5.41) is 5.30. The van der Waals surface area contributed by atoms with Crippen LogP contribution in [0.15, 0.2) is 79.0 Å². The molecule has 0 radical (unpaired) electrons. The highest BCUT2D eigenvalue weighted by molar-refractivity contribution is 5.91. The van der Waals surface area contributed by atoms with Crippen LogP contribution in [-0.4, -0.2) is 35.6 Å². The maximum atomic E-state index is 12.8. The number of carbonyl (C=O) groups excluding carboxylic acids is 1. The molecule has 5 aromatic rings. The Balaban J connectivity index is 1.29. The predicted octanol–water partition coefficient (Wildman–Crippen LogP) is 4.55. The van der Waals surface area contributed by atoms with E-state index in [2.05, 4.69) is 27.4 Å². The fourth-order valence-corrected chi connectivity index (χ4v) is 4.54. The van der Waals surface area contributed by atoms with Gasteiger partial charge < -0.3 is 25.8 Å². The van der Waals surface area contributed by atoms with Gasteiger partial charge in [-0.25, -0.2) is 0 Å². The SMILES string of the molecule is COc1ccc(-c2[nH]c3ccccc3c2CCNC(=O)C(N)Cc2c[nH]c3ccccc23)cc1. The Morgan fingerprint density at radius 3 is 2.44 bits per heavy atom. The van der Waals surface area contributed by atoms with Crippen molar-refractivity contribution in [3.8, 4) is 17.0 Å². The number of carbonyl (C=O) groups is 1. The van der Waals surface area contributed by atoms with E-state index in [0.29, 0.717) is 19.4 Å². The molecular formula is C28H28N4O2. The number of methoxy groups -OCH3 is 1. The van der Waals surface area contributed by atoms with Crippen LogP contribution in [0, 0.1) is 0 Å². The first-order valence-electron chi connectivity index (χ1n) is 11.5. The second kappa shape index (κ2) is 9.45. The molecule has 172 valence electrons. The summed E-state index contributed by atoms with van der Waals surface area (Å²) >= 11 is 0. The van der Waals surface area contributed by atoms with E-state index in [0.717, 1.165) is 44.4 Å². The molecule has 2 heterocycles. The normalized spacial score (nSPS) is 12.2. The van der Waals surface area contributed by atoms with Gasteiger partial charge in [0.05, 0.1) is 13.2 Å². The van der Waals surface area contributed by atoms with Crippen LogP contribution in [0.5, 0.6) is 5.75 Å². The molecule has 0 saturated carbocycles. The molecule has 0 aliphatic carbocycles. The lowest BCUT2D eigenvalue weighted by Crippen LogP contribution is -2.42. The van der Waals surface area contributed by atoms with Crippen LogP contribution in [0.25, 0.3) is 33.1 Å². The summed E-state index contributed by atoms with van der Waals surface area (Å²) in [4.78, 5) is 19.5. The number of fused-ring (bicyclic) bond motifs is 2. The molecule has 1 unspecified atom stereocenters. The Labute approximate surface area is 198 Å². The number of para-hydroxylation sites is 2. The van der Waals surface area contributed by atoms with E-state index in [1.807, 2.05) is 66.9 Å². The second-order valence-corrected chi connectivity index (χ2v) is 8.46. The smallest absolute Gasteiger partial charge is 0.237 e. The minimum atomic E-state index is -0.608. The fraction of sp³-hybridized carbons (Fsp3) is 0.179. The van der Waals surface area contributed by atoms with E-state index < -0.39 is 6.04 Å².